The number of hydrogen-bond acceptors (Lipinski definition) is 3. The van der Waals surface area contributed by atoms with Crippen molar-refractivity contribution in [1.29, 1.82) is 0 Å². The van der Waals surface area contributed by atoms with Gasteiger partial charge in [-0.3, -0.25) is 4.90 Å². The van der Waals surface area contributed by atoms with Crippen LogP contribution in [0.25, 0.3) is 0 Å². The van der Waals surface area contributed by atoms with Crippen LogP contribution in [-0.4, -0.2) is 48.3 Å². The summed E-state index contributed by atoms with van der Waals surface area (Å²) in [5, 5.41) is 3.52. The van der Waals surface area contributed by atoms with Gasteiger partial charge in [-0.15, -0.1) is 0 Å². The lowest BCUT2D eigenvalue weighted by atomic mass is 9.81. The highest BCUT2D eigenvalue weighted by Gasteiger charge is 2.53. The molecule has 0 saturated carbocycles. The molecule has 2 heterocycles. The Labute approximate surface area is 125 Å². The molecule has 0 aliphatic carbocycles. The van der Waals surface area contributed by atoms with Crippen LogP contribution in [0.2, 0.25) is 0 Å². The summed E-state index contributed by atoms with van der Waals surface area (Å²) in [6, 6.07) is 1.11. The topological polar surface area (TPSA) is 24.5 Å². The van der Waals surface area contributed by atoms with Crippen molar-refractivity contribution in [2.75, 3.05) is 20.1 Å². The van der Waals surface area contributed by atoms with E-state index in [0.717, 1.165) is 12.5 Å². The molecule has 0 aromatic heterocycles. The molecule has 1 N–H and O–H groups in total. The fraction of sp³-hybridized carbons (Fsp3) is 1.00. The predicted molar refractivity (Wildman–Crippen MR) is 85.0 cm³/mol. The SMILES string of the molecule is CNC1C(CN2CCCC(C)C2C)C(C)(C)OC1(C)C. The summed E-state index contributed by atoms with van der Waals surface area (Å²) >= 11 is 0. The van der Waals surface area contributed by atoms with Crippen molar-refractivity contribution in [2.45, 2.75) is 77.7 Å². The zero-order chi connectivity index (χ0) is 15.1. The minimum absolute atomic E-state index is 0.0580. The Hall–Kier alpha value is -0.120. The van der Waals surface area contributed by atoms with Crippen molar-refractivity contribution in [2.24, 2.45) is 11.8 Å². The van der Waals surface area contributed by atoms with Gasteiger partial charge >= 0.3 is 0 Å². The standard InChI is InChI=1S/C17H34N2O/c1-12-9-8-10-19(13(12)2)11-14-15(18-7)17(5,6)20-16(14,3)4/h12-15,18H,8-11H2,1-7H3. The van der Waals surface area contributed by atoms with Crippen molar-refractivity contribution in [3.05, 3.63) is 0 Å². The summed E-state index contributed by atoms with van der Waals surface area (Å²) in [7, 11) is 2.08. The minimum atomic E-state index is -0.0897. The zero-order valence-electron chi connectivity index (χ0n) is 14.5. The first-order valence-electron chi connectivity index (χ1n) is 8.30. The quantitative estimate of drug-likeness (QED) is 0.861. The predicted octanol–water partition coefficient (Wildman–Crippen LogP) is 2.90. The smallest absolute Gasteiger partial charge is 0.0790 e. The average molecular weight is 282 g/mol. The second kappa shape index (κ2) is 5.58. The molecule has 0 aromatic rings. The number of nitrogens with zero attached hydrogens (tertiary/aromatic N) is 1. The van der Waals surface area contributed by atoms with E-state index in [2.05, 4.69) is 58.8 Å². The molecule has 118 valence electrons. The Kier molecular flexibility index (Phi) is 4.54. The number of likely N-dealkylation sites (N-methyl/N-ethyl adjacent to an activating group) is 1. The molecule has 0 spiro atoms. The number of rotatable bonds is 3. The number of piperidine rings is 1. The normalized spacial score (nSPS) is 41.0. The maximum Gasteiger partial charge on any atom is 0.0790 e. The molecule has 3 nitrogen and oxygen atoms in total. The van der Waals surface area contributed by atoms with E-state index >= 15 is 0 Å². The molecule has 2 aliphatic rings. The van der Waals surface area contributed by atoms with Gasteiger partial charge < -0.3 is 10.1 Å². The van der Waals surface area contributed by atoms with Crippen LogP contribution in [0.3, 0.4) is 0 Å². The second-order valence-electron chi connectivity index (χ2n) is 8.04. The van der Waals surface area contributed by atoms with Crippen LogP contribution < -0.4 is 5.32 Å². The van der Waals surface area contributed by atoms with E-state index < -0.39 is 0 Å². The van der Waals surface area contributed by atoms with Crippen molar-refractivity contribution in [3.8, 4) is 0 Å². The van der Waals surface area contributed by atoms with Crippen LogP contribution in [0.4, 0.5) is 0 Å². The Bertz CT molecular complexity index is 340. The molecular formula is C17H34N2O. The van der Waals surface area contributed by atoms with Crippen LogP contribution in [0.15, 0.2) is 0 Å². The molecule has 20 heavy (non-hydrogen) atoms. The Morgan fingerprint density at radius 1 is 1.15 bits per heavy atom. The van der Waals surface area contributed by atoms with E-state index in [4.69, 9.17) is 4.74 Å². The summed E-state index contributed by atoms with van der Waals surface area (Å²) in [4.78, 5) is 2.69. The van der Waals surface area contributed by atoms with E-state index in [1.165, 1.54) is 19.4 Å². The monoisotopic (exact) mass is 282 g/mol. The molecular weight excluding hydrogens is 248 g/mol. The van der Waals surface area contributed by atoms with Crippen LogP contribution in [0.5, 0.6) is 0 Å². The molecule has 3 heteroatoms. The van der Waals surface area contributed by atoms with Gasteiger partial charge in [-0.25, -0.2) is 0 Å². The molecule has 0 aromatic carbocycles. The van der Waals surface area contributed by atoms with E-state index in [1.54, 1.807) is 0 Å². The van der Waals surface area contributed by atoms with Crippen LogP contribution in [-0.2, 0) is 4.74 Å². The van der Waals surface area contributed by atoms with Crippen molar-refractivity contribution in [1.82, 2.24) is 10.2 Å². The molecule has 2 saturated heterocycles. The first kappa shape index (κ1) is 16.3. The van der Waals surface area contributed by atoms with Crippen molar-refractivity contribution in [3.63, 3.8) is 0 Å². The van der Waals surface area contributed by atoms with Gasteiger partial charge in [0.2, 0.25) is 0 Å². The summed E-state index contributed by atoms with van der Waals surface area (Å²) in [5.74, 6) is 1.35. The maximum atomic E-state index is 6.37. The van der Waals surface area contributed by atoms with E-state index in [9.17, 15) is 0 Å². The number of ether oxygens (including phenoxy) is 1. The van der Waals surface area contributed by atoms with Gasteiger partial charge in [0.25, 0.3) is 0 Å². The van der Waals surface area contributed by atoms with Crippen LogP contribution in [0.1, 0.15) is 54.4 Å². The number of nitrogens with one attached hydrogen (secondary N) is 1. The Morgan fingerprint density at radius 2 is 1.80 bits per heavy atom. The van der Waals surface area contributed by atoms with E-state index in [-0.39, 0.29) is 11.2 Å². The molecule has 2 rings (SSSR count). The van der Waals surface area contributed by atoms with Gasteiger partial charge in [0.1, 0.15) is 0 Å². The first-order valence-corrected chi connectivity index (χ1v) is 8.30. The third-order valence-corrected chi connectivity index (χ3v) is 5.82. The fourth-order valence-corrected chi connectivity index (χ4v) is 4.51. The van der Waals surface area contributed by atoms with E-state index in [1.807, 2.05) is 0 Å². The third kappa shape index (κ3) is 2.90. The van der Waals surface area contributed by atoms with Gasteiger partial charge in [0.15, 0.2) is 0 Å². The van der Waals surface area contributed by atoms with E-state index in [0.29, 0.717) is 18.0 Å². The fourth-order valence-electron chi connectivity index (χ4n) is 4.51. The molecule has 0 radical (unpaired) electrons. The highest BCUT2D eigenvalue weighted by Crippen LogP contribution is 2.43. The Balaban J connectivity index is 2.14. The average Bonchev–Trinajstić information content (AvgIpc) is 2.49. The van der Waals surface area contributed by atoms with Gasteiger partial charge in [0.05, 0.1) is 11.2 Å². The Morgan fingerprint density at radius 3 is 2.40 bits per heavy atom. The molecule has 4 unspecified atom stereocenters. The number of hydrogen-bond donors (Lipinski definition) is 1. The summed E-state index contributed by atoms with van der Waals surface area (Å²) in [5.41, 5.74) is -0.148. The zero-order valence-corrected chi connectivity index (χ0v) is 14.5. The van der Waals surface area contributed by atoms with Gasteiger partial charge in [0, 0.05) is 24.5 Å². The summed E-state index contributed by atoms with van der Waals surface area (Å²) in [6.07, 6.45) is 2.72. The van der Waals surface area contributed by atoms with Gasteiger partial charge in [-0.1, -0.05) is 6.92 Å². The van der Waals surface area contributed by atoms with Crippen LogP contribution in [0, 0.1) is 11.8 Å². The lowest BCUT2D eigenvalue weighted by Gasteiger charge is -2.42. The molecule has 2 fully saturated rings. The molecule has 0 amide bonds. The highest BCUT2D eigenvalue weighted by molar-refractivity contribution is 5.06. The third-order valence-electron chi connectivity index (χ3n) is 5.82. The van der Waals surface area contributed by atoms with Crippen molar-refractivity contribution >= 4 is 0 Å². The lowest BCUT2D eigenvalue weighted by molar-refractivity contribution is -0.0809. The van der Waals surface area contributed by atoms with Crippen molar-refractivity contribution < 1.29 is 4.74 Å². The summed E-state index contributed by atoms with van der Waals surface area (Å²) < 4.78 is 6.37. The molecule has 2 aliphatic heterocycles. The van der Waals surface area contributed by atoms with Gasteiger partial charge in [-0.05, 0) is 67.0 Å². The number of likely N-dealkylation sites (tertiary alicyclic amines) is 1. The maximum absolute atomic E-state index is 6.37. The highest BCUT2D eigenvalue weighted by atomic mass is 16.5. The first-order chi connectivity index (χ1) is 9.19. The largest absolute Gasteiger partial charge is 0.368 e. The van der Waals surface area contributed by atoms with Crippen LogP contribution >= 0.6 is 0 Å². The summed E-state index contributed by atoms with van der Waals surface area (Å²) in [6.45, 7) is 16.1. The lowest BCUT2D eigenvalue weighted by Crippen LogP contribution is -2.53. The molecule has 4 atom stereocenters. The molecule has 0 bridgehead atoms. The van der Waals surface area contributed by atoms with Gasteiger partial charge in [-0.2, -0.15) is 0 Å². The minimum Gasteiger partial charge on any atom is -0.368 e. The second-order valence-corrected chi connectivity index (χ2v) is 8.04.